The van der Waals surface area contributed by atoms with Gasteiger partial charge in [0, 0.05) is 19.0 Å². The number of H-pyrrole nitrogens is 1. The Morgan fingerprint density at radius 3 is 2.39 bits per heavy atom. The van der Waals surface area contributed by atoms with Gasteiger partial charge in [-0.1, -0.05) is 41.6 Å². The van der Waals surface area contributed by atoms with Gasteiger partial charge in [-0.15, -0.1) is 0 Å². The topological polar surface area (TPSA) is 62.1 Å². The molecule has 1 N–H and O–H groups in total. The second kappa shape index (κ2) is 7.40. The van der Waals surface area contributed by atoms with Crippen molar-refractivity contribution in [2.45, 2.75) is 13.0 Å². The lowest BCUT2D eigenvalue weighted by Crippen LogP contribution is -2.10. The predicted molar refractivity (Wildman–Crippen MR) is 107 cm³/mol. The number of pyridine rings is 1. The number of hydrogen-bond acceptors (Lipinski definition) is 4. The monoisotopic (exact) mass is 377 g/mol. The van der Waals surface area contributed by atoms with Crippen molar-refractivity contribution in [2.75, 3.05) is 14.1 Å². The van der Waals surface area contributed by atoms with Gasteiger partial charge in [0.15, 0.2) is 5.58 Å². The van der Waals surface area contributed by atoms with Gasteiger partial charge >= 0.3 is 0 Å². The summed E-state index contributed by atoms with van der Waals surface area (Å²) < 4.78 is 18.5. The Morgan fingerprint density at radius 1 is 1.04 bits per heavy atom. The standard InChI is InChI=1S/C22H20FN3O2/c1-26(2)13-15-3-7-16(8-4-15)18-12-20-21(22(27)24-18)19(25-28-20)11-14-5-9-17(23)10-6-14/h3-10,12H,11,13H2,1-2H3,(H,24,27). The Hall–Kier alpha value is -3.25. The zero-order valence-electron chi connectivity index (χ0n) is 15.7. The zero-order chi connectivity index (χ0) is 19.7. The number of aromatic amines is 1. The molecule has 0 saturated carbocycles. The summed E-state index contributed by atoms with van der Waals surface area (Å²) in [6, 6.07) is 16.0. The number of halogens is 1. The van der Waals surface area contributed by atoms with Gasteiger partial charge in [-0.3, -0.25) is 4.79 Å². The SMILES string of the molecule is CN(C)Cc1ccc(-c2cc3onc(Cc4ccc(F)cc4)c3c(=O)[nH]2)cc1. The second-order valence-electron chi connectivity index (χ2n) is 7.12. The maximum absolute atomic E-state index is 13.1. The highest BCUT2D eigenvalue weighted by Gasteiger charge is 2.15. The molecule has 2 aromatic carbocycles. The van der Waals surface area contributed by atoms with Crippen LogP contribution in [0.25, 0.3) is 22.2 Å². The van der Waals surface area contributed by atoms with E-state index in [1.807, 2.05) is 38.4 Å². The fourth-order valence-corrected chi connectivity index (χ4v) is 3.26. The number of benzene rings is 2. The highest BCUT2D eigenvalue weighted by molar-refractivity contribution is 5.82. The highest BCUT2D eigenvalue weighted by atomic mass is 19.1. The molecule has 2 heterocycles. The van der Waals surface area contributed by atoms with Crippen molar-refractivity contribution in [3.05, 3.63) is 87.6 Å². The molecule has 0 aliphatic rings. The van der Waals surface area contributed by atoms with Gasteiger partial charge in [0.25, 0.3) is 5.56 Å². The van der Waals surface area contributed by atoms with E-state index >= 15 is 0 Å². The fraction of sp³-hybridized carbons (Fsp3) is 0.182. The summed E-state index contributed by atoms with van der Waals surface area (Å²) in [5.41, 5.74) is 4.36. The van der Waals surface area contributed by atoms with Gasteiger partial charge in [-0.2, -0.15) is 0 Å². The van der Waals surface area contributed by atoms with Crippen molar-refractivity contribution in [1.82, 2.24) is 15.0 Å². The molecule has 28 heavy (non-hydrogen) atoms. The molecule has 0 unspecified atom stereocenters. The maximum Gasteiger partial charge on any atom is 0.261 e. The van der Waals surface area contributed by atoms with Crippen molar-refractivity contribution in [1.29, 1.82) is 0 Å². The number of rotatable bonds is 5. The first-order valence-electron chi connectivity index (χ1n) is 8.99. The van der Waals surface area contributed by atoms with Crippen molar-refractivity contribution in [3.8, 4) is 11.3 Å². The third-order valence-electron chi connectivity index (χ3n) is 4.59. The van der Waals surface area contributed by atoms with E-state index in [1.165, 1.54) is 17.7 Å². The third-order valence-corrected chi connectivity index (χ3v) is 4.59. The quantitative estimate of drug-likeness (QED) is 0.572. The molecule has 5 nitrogen and oxygen atoms in total. The smallest absolute Gasteiger partial charge is 0.261 e. The van der Waals surface area contributed by atoms with E-state index in [0.717, 1.165) is 17.7 Å². The summed E-state index contributed by atoms with van der Waals surface area (Å²) in [5, 5.41) is 4.49. The molecule has 0 radical (unpaired) electrons. The third kappa shape index (κ3) is 3.73. The van der Waals surface area contributed by atoms with Gasteiger partial charge in [0.05, 0.1) is 5.69 Å². The average Bonchev–Trinajstić information content (AvgIpc) is 3.07. The molecule has 0 aliphatic carbocycles. The largest absolute Gasteiger partial charge is 0.356 e. The van der Waals surface area contributed by atoms with Crippen LogP contribution in [0.4, 0.5) is 4.39 Å². The van der Waals surface area contributed by atoms with Gasteiger partial charge < -0.3 is 14.4 Å². The summed E-state index contributed by atoms with van der Waals surface area (Å²) in [6.07, 6.45) is 0.398. The molecule has 142 valence electrons. The number of fused-ring (bicyclic) bond motifs is 1. The number of nitrogens with one attached hydrogen (secondary N) is 1. The van der Waals surface area contributed by atoms with E-state index in [-0.39, 0.29) is 11.4 Å². The molecule has 6 heteroatoms. The summed E-state index contributed by atoms with van der Waals surface area (Å²) >= 11 is 0. The van der Waals surface area contributed by atoms with Crippen molar-refractivity contribution in [3.63, 3.8) is 0 Å². The molecule has 4 rings (SSSR count). The number of nitrogens with zero attached hydrogens (tertiary/aromatic N) is 2. The van der Waals surface area contributed by atoms with E-state index in [0.29, 0.717) is 28.8 Å². The molecule has 0 atom stereocenters. The fourth-order valence-electron chi connectivity index (χ4n) is 3.26. The van der Waals surface area contributed by atoms with Crippen LogP contribution in [-0.2, 0) is 13.0 Å². The minimum Gasteiger partial charge on any atom is -0.356 e. The van der Waals surface area contributed by atoms with E-state index in [9.17, 15) is 9.18 Å². The normalized spacial score (nSPS) is 11.4. The summed E-state index contributed by atoms with van der Waals surface area (Å²) in [5.74, 6) is -0.298. The van der Waals surface area contributed by atoms with Crippen molar-refractivity contribution < 1.29 is 8.91 Å². The van der Waals surface area contributed by atoms with Crippen LogP contribution in [-0.4, -0.2) is 29.1 Å². The van der Waals surface area contributed by atoms with Crippen LogP contribution in [0.2, 0.25) is 0 Å². The Kier molecular flexibility index (Phi) is 4.79. The minimum atomic E-state index is -0.298. The van der Waals surface area contributed by atoms with Crippen LogP contribution in [0.1, 0.15) is 16.8 Å². The van der Waals surface area contributed by atoms with E-state index in [1.54, 1.807) is 18.2 Å². The van der Waals surface area contributed by atoms with Crippen LogP contribution < -0.4 is 5.56 Å². The van der Waals surface area contributed by atoms with Crippen LogP contribution in [0.3, 0.4) is 0 Å². The van der Waals surface area contributed by atoms with Crippen molar-refractivity contribution >= 4 is 11.0 Å². The first kappa shape index (κ1) is 18.1. The van der Waals surface area contributed by atoms with Crippen LogP contribution in [0.15, 0.2) is 63.9 Å². The number of hydrogen-bond donors (Lipinski definition) is 1. The lowest BCUT2D eigenvalue weighted by Gasteiger charge is -2.10. The molecule has 0 aliphatic heterocycles. The van der Waals surface area contributed by atoms with Crippen LogP contribution >= 0.6 is 0 Å². The molecule has 0 fully saturated rings. The molecule has 0 amide bonds. The molecular formula is C22H20FN3O2. The zero-order valence-corrected chi connectivity index (χ0v) is 15.7. The van der Waals surface area contributed by atoms with Crippen molar-refractivity contribution in [2.24, 2.45) is 0 Å². The second-order valence-corrected chi connectivity index (χ2v) is 7.12. The molecule has 0 saturated heterocycles. The average molecular weight is 377 g/mol. The first-order valence-corrected chi connectivity index (χ1v) is 8.99. The van der Waals surface area contributed by atoms with Gasteiger partial charge in [-0.25, -0.2) is 4.39 Å². The molecule has 0 spiro atoms. The van der Waals surface area contributed by atoms with E-state index in [4.69, 9.17) is 4.52 Å². The summed E-state index contributed by atoms with van der Waals surface area (Å²) in [7, 11) is 4.04. The molecular weight excluding hydrogens is 357 g/mol. The Labute approximate surface area is 161 Å². The van der Waals surface area contributed by atoms with Gasteiger partial charge in [0.1, 0.15) is 16.9 Å². The Morgan fingerprint density at radius 2 is 1.71 bits per heavy atom. The summed E-state index contributed by atoms with van der Waals surface area (Å²) in [6.45, 7) is 0.852. The van der Waals surface area contributed by atoms with Gasteiger partial charge in [-0.05, 0) is 42.9 Å². The van der Waals surface area contributed by atoms with Gasteiger partial charge in [0.2, 0.25) is 0 Å². The van der Waals surface area contributed by atoms with Crippen LogP contribution in [0.5, 0.6) is 0 Å². The van der Waals surface area contributed by atoms with E-state index in [2.05, 4.69) is 15.0 Å². The number of aromatic nitrogens is 2. The maximum atomic E-state index is 13.1. The summed E-state index contributed by atoms with van der Waals surface area (Å²) in [4.78, 5) is 17.7. The molecule has 2 aromatic heterocycles. The highest BCUT2D eigenvalue weighted by Crippen LogP contribution is 2.23. The van der Waals surface area contributed by atoms with Crippen LogP contribution in [0, 0.1) is 5.82 Å². The molecule has 4 aromatic rings. The lowest BCUT2D eigenvalue weighted by molar-refractivity contribution is 0.402. The minimum absolute atomic E-state index is 0.247. The Bertz CT molecular complexity index is 1160. The molecule has 0 bridgehead atoms. The van der Waals surface area contributed by atoms with E-state index < -0.39 is 0 Å². The first-order chi connectivity index (χ1) is 13.5. The Balaban J connectivity index is 1.66. The predicted octanol–water partition coefficient (Wildman–Crippen LogP) is 3.97. The lowest BCUT2D eigenvalue weighted by atomic mass is 10.1.